The molecule has 1 aliphatic carbocycles. The zero-order chi connectivity index (χ0) is 14.7. The van der Waals surface area contributed by atoms with E-state index in [0.717, 1.165) is 0 Å². The maximum absolute atomic E-state index is 11.4. The molecule has 0 bridgehead atoms. The third-order valence-electron chi connectivity index (χ3n) is 3.47. The predicted molar refractivity (Wildman–Crippen MR) is 77.8 cm³/mol. The lowest BCUT2D eigenvalue weighted by Crippen LogP contribution is -2.29. The monoisotopic (exact) mass is 286 g/mol. The molecule has 2 aromatic rings. The zero-order valence-electron chi connectivity index (χ0n) is 11.7. The highest BCUT2D eigenvalue weighted by Gasteiger charge is 2.25. The lowest BCUT2D eigenvalue weighted by Gasteiger charge is -2.07. The van der Waals surface area contributed by atoms with Crippen LogP contribution in [0.2, 0.25) is 0 Å². The number of hydrogen-bond donors (Lipinski definition) is 2. The summed E-state index contributed by atoms with van der Waals surface area (Å²) >= 11 is 0. The van der Waals surface area contributed by atoms with Crippen molar-refractivity contribution in [3.8, 4) is 5.75 Å². The van der Waals surface area contributed by atoms with Gasteiger partial charge in [0.2, 0.25) is 0 Å². The van der Waals surface area contributed by atoms with Gasteiger partial charge in [0.15, 0.2) is 0 Å². The van der Waals surface area contributed by atoms with Gasteiger partial charge >= 0.3 is 0 Å². The van der Waals surface area contributed by atoms with Gasteiger partial charge in [0.05, 0.1) is 12.2 Å². The molecule has 1 aromatic carbocycles. The maximum atomic E-state index is 11.4. The third-order valence-corrected chi connectivity index (χ3v) is 3.47. The first kappa shape index (κ1) is 13.6. The van der Waals surface area contributed by atoms with Crippen LogP contribution in [0.5, 0.6) is 5.75 Å². The van der Waals surface area contributed by atoms with Gasteiger partial charge in [0, 0.05) is 17.7 Å². The number of hydrazine groups is 1. The van der Waals surface area contributed by atoms with Crippen molar-refractivity contribution in [3.63, 3.8) is 0 Å². The first-order valence-electron chi connectivity index (χ1n) is 7.03. The molecule has 110 valence electrons. The normalized spacial score (nSPS) is 14.0. The van der Waals surface area contributed by atoms with E-state index in [1.807, 2.05) is 16.9 Å². The molecular formula is C15H18N4O2. The standard InChI is InChI=1S/C15H18N4O2/c16-17-15(20)12-2-1-3-13(10-12)21-9-8-19-7-6-14(18-19)11-4-5-11/h1-3,6-7,10-11H,4-5,8-9,16H2,(H,17,20). The van der Waals surface area contributed by atoms with Crippen LogP contribution in [0, 0.1) is 0 Å². The summed E-state index contributed by atoms with van der Waals surface area (Å²) in [4.78, 5) is 11.4. The molecule has 3 N–H and O–H groups in total. The highest BCUT2D eigenvalue weighted by Crippen LogP contribution is 2.38. The Kier molecular flexibility index (Phi) is 3.87. The number of nitrogens with zero attached hydrogens (tertiary/aromatic N) is 2. The minimum atomic E-state index is -0.332. The molecule has 0 radical (unpaired) electrons. The van der Waals surface area contributed by atoms with E-state index in [1.54, 1.807) is 18.2 Å². The van der Waals surface area contributed by atoms with Crippen molar-refractivity contribution in [1.82, 2.24) is 15.2 Å². The van der Waals surface area contributed by atoms with E-state index in [9.17, 15) is 4.79 Å². The highest BCUT2D eigenvalue weighted by atomic mass is 16.5. The molecule has 6 nitrogen and oxygen atoms in total. The fraction of sp³-hybridized carbons (Fsp3) is 0.333. The Bertz CT molecular complexity index is 634. The zero-order valence-corrected chi connectivity index (χ0v) is 11.7. The number of rotatable bonds is 6. The second-order valence-electron chi connectivity index (χ2n) is 5.13. The van der Waals surface area contributed by atoms with Crippen molar-refractivity contribution >= 4 is 5.91 Å². The molecule has 1 fully saturated rings. The molecule has 0 unspecified atom stereocenters. The lowest BCUT2D eigenvalue weighted by atomic mass is 10.2. The van der Waals surface area contributed by atoms with Crippen LogP contribution in [0.4, 0.5) is 0 Å². The Balaban J connectivity index is 1.53. The van der Waals surface area contributed by atoms with Crippen LogP contribution in [0.1, 0.15) is 34.8 Å². The Morgan fingerprint density at radius 1 is 1.43 bits per heavy atom. The molecule has 1 aliphatic rings. The summed E-state index contributed by atoms with van der Waals surface area (Å²) in [5, 5.41) is 4.52. The molecule has 1 aromatic heterocycles. The fourth-order valence-electron chi connectivity index (χ4n) is 2.17. The highest BCUT2D eigenvalue weighted by molar-refractivity contribution is 5.94. The minimum Gasteiger partial charge on any atom is -0.492 e. The van der Waals surface area contributed by atoms with Crippen LogP contribution in [0.15, 0.2) is 36.5 Å². The number of ether oxygens (including phenoxy) is 1. The van der Waals surface area contributed by atoms with Crippen molar-refractivity contribution in [2.75, 3.05) is 6.61 Å². The van der Waals surface area contributed by atoms with Crippen molar-refractivity contribution < 1.29 is 9.53 Å². The quantitative estimate of drug-likeness (QED) is 0.478. The van der Waals surface area contributed by atoms with Crippen LogP contribution >= 0.6 is 0 Å². The van der Waals surface area contributed by atoms with E-state index in [-0.39, 0.29) is 5.91 Å². The van der Waals surface area contributed by atoms with Gasteiger partial charge in [0.25, 0.3) is 5.91 Å². The molecule has 21 heavy (non-hydrogen) atoms. The summed E-state index contributed by atoms with van der Waals surface area (Å²) in [5.74, 6) is 6.09. The van der Waals surface area contributed by atoms with Gasteiger partial charge in [-0.25, -0.2) is 5.84 Å². The van der Waals surface area contributed by atoms with Gasteiger partial charge in [-0.15, -0.1) is 0 Å². The smallest absolute Gasteiger partial charge is 0.265 e. The van der Waals surface area contributed by atoms with Crippen LogP contribution in [-0.4, -0.2) is 22.3 Å². The third kappa shape index (κ3) is 3.41. The van der Waals surface area contributed by atoms with E-state index in [2.05, 4.69) is 16.6 Å². The summed E-state index contributed by atoms with van der Waals surface area (Å²) in [6, 6.07) is 9.00. The summed E-state index contributed by atoms with van der Waals surface area (Å²) in [5.41, 5.74) is 3.76. The average molecular weight is 286 g/mol. The second-order valence-corrected chi connectivity index (χ2v) is 5.13. The predicted octanol–water partition coefficient (Wildman–Crippen LogP) is 1.44. The molecule has 0 spiro atoms. The average Bonchev–Trinajstić information content (AvgIpc) is 3.26. The van der Waals surface area contributed by atoms with Crippen molar-refractivity contribution in [1.29, 1.82) is 0 Å². The van der Waals surface area contributed by atoms with Crippen molar-refractivity contribution in [2.45, 2.75) is 25.3 Å². The van der Waals surface area contributed by atoms with E-state index in [4.69, 9.17) is 10.6 Å². The van der Waals surface area contributed by atoms with E-state index >= 15 is 0 Å². The number of amides is 1. The first-order chi connectivity index (χ1) is 10.3. The van der Waals surface area contributed by atoms with Crippen LogP contribution in [0.25, 0.3) is 0 Å². The molecule has 0 aliphatic heterocycles. The number of carbonyl (C=O) groups excluding carboxylic acids is 1. The number of hydrogen-bond acceptors (Lipinski definition) is 4. The largest absolute Gasteiger partial charge is 0.492 e. The topological polar surface area (TPSA) is 82.2 Å². The van der Waals surface area contributed by atoms with E-state index < -0.39 is 0 Å². The summed E-state index contributed by atoms with van der Waals surface area (Å²) in [6.07, 6.45) is 4.49. The van der Waals surface area contributed by atoms with Gasteiger partial charge < -0.3 is 4.74 Å². The Morgan fingerprint density at radius 3 is 3.05 bits per heavy atom. The van der Waals surface area contributed by atoms with Gasteiger partial charge in [-0.1, -0.05) is 6.07 Å². The summed E-state index contributed by atoms with van der Waals surface area (Å²) in [7, 11) is 0. The lowest BCUT2D eigenvalue weighted by molar-refractivity contribution is 0.0953. The van der Waals surface area contributed by atoms with E-state index in [1.165, 1.54) is 18.5 Å². The van der Waals surface area contributed by atoms with Gasteiger partial charge in [0.1, 0.15) is 12.4 Å². The van der Waals surface area contributed by atoms with E-state index in [0.29, 0.717) is 30.4 Å². The number of nitrogens with one attached hydrogen (secondary N) is 1. The SMILES string of the molecule is NNC(=O)c1cccc(OCCn2ccc(C3CC3)n2)c1. The maximum Gasteiger partial charge on any atom is 0.265 e. The van der Waals surface area contributed by atoms with Crippen LogP contribution in [0.3, 0.4) is 0 Å². The molecule has 0 saturated heterocycles. The minimum absolute atomic E-state index is 0.332. The molecular weight excluding hydrogens is 268 g/mol. The molecule has 1 amide bonds. The Hall–Kier alpha value is -2.34. The Morgan fingerprint density at radius 2 is 2.29 bits per heavy atom. The summed E-state index contributed by atoms with van der Waals surface area (Å²) in [6.45, 7) is 1.18. The molecule has 1 saturated carbocycles. The number of nitrogen functional groups attached to an aromatic ring is 1. The first-order valence-corrected chi connectivity index (χ1v) is 7.03. The molecule has 0 atom stereocenters. The number of benzene rings is 1. The van der Waals surface area contributed by atoms with Crippen molar-refractivity contribution in [2.24, 2.45) is 5.84 Å². The Labute approximate surface area is 122 Å². The van der Waals surface area contributed by atoms with Crippen LogP contribution < -0.4 is 16.0 Å². The molecule has 1 heterocycles. The van der Waals surface area contributed by atoms with Gasteiger partial charge in [-0.2, -0.15) is 5.10 Å². The summed E-state index contributed by atoms with van der Waals surface area (Å²) < 4.78 is 7.54. The van der Waals surface area contributed by atoms with Gasteiger partial charge in [-0.05, 0) is 37.1 Å². The molecule has 3 rings (SSSR count). The van der Waals surface area contributed by atoms with Crippen molar-refractivity contribution in [3.05, 3.63) is 47.8 Å². The number of carbonyl (C=O) groups is 1. The van der Waals surface area contributed by atoms with Gasteiger partial charge in [-0.3, -0.25) is 14.9 Å². The number of aromatic nitrogens is 2. The second kappa shape index (κ2) is 5.97. The fourth-order valence-corrected chi connectivity index (χ4v) is 2.17. The molecule has 6 heteroatoms. The number of nitrogens with two attached hydrogens (primary N) is 1. The van der Waals surface area contributed by atoms with Crippen LogP contribution in [-0.2, 0) is 6.54 Å².